The zero-order valence-corrected chi connectivity index (χ0v) is 22.7. The number of rotatable bonds is 11. The molecule has 1 aromatic heterocycles. The van der Waals surface area contributed by atoms with Crippen LogP contribution >= 0.6 is 0 Å². The Hall–Kier alpha value is -4.03. The first-order valence-electron chi connectivity index (χ1n) is 13.5. The summed E-state index contributed by atoms with van der Waals surface area (Å²) in [5.41, 5.74) is 2.56. The molecule has 3 atom stereocenters. The van der Waals surface area contributed by atoms with Crippen LogP contribution in [0.2, 0.25) is 0 Å². The van der Waals surface area contributed by atoms with Gasteiger partial charge in [-0.25, -0.2) is 9.18 Å². The van der Waals surface area contributed by atoms with Crippen molar-refractivity contribution in [1.29, 1.82) is 0 Å². The molecule has 3 N–H and O–H groups in total. The molecule has 1 aliphatic rings. The van der Waals surface area contributed by atoms with Gasteiger partial charge >= 0.3 is 12.3 Å². The summed E-state index contributed by atoms with van der Waals surface area (Å²) in [5, 5.41) is 15.0. The summed E-state index contributed by atoms with van der Waals surface area (Å²) < 4.78 is 58.7. The Kier molecular flexibility index (Phi) is 10.5. The molecule has 3 aromatic rings. The van der Waals surface area contributed by atoms with E-state index in [-0.39, 0.29) is 50.5 Å². The van der Waals surface area contributed by atoms with E-state index in [9.17, 15) is 27.2 Å². The highest BCUT2D eigenvalue weighted by Gasteiger charge is 2.35. The van der Waals surface area contributed by atoms with Crippen LogP contribution in [0, 0.1) is 5.82 Å². The normalized spacial score (nSPS) is 17.8. The lowest BCUT2D eigenvalue weighted by molar-refractivity contribution is -0.143. The van der Waals surface area contributed by atoms with E-state index in [1.807, 2.05) is 42.5 Å². The van der Waals surface area contributed by atoms with Gasteiger partial charge in [0, 0.05) is 55.1 Å². The highest BCUT2D eigenvalue weighted by molar-refractivity contribution is 5.92. The lowest BCUT2D eigenvalue weighted by Gasteiger charge is -2.33. The van der Waals surface area contributed by atoms with Gasteiger partial charge in [-0.1, -0.05) is 36.4 Å². The molecule has 0 aliphatic carbocycles. The van der Waals surface area contributed by atoms with Gasteiger partial charge in [-0.05, 0) is 48.2 Å². The lowest BCUT2D eigenvalue weighted by Crippen LogP contribution is -2.53. The Morgan fingerprint density at radius 1 is 1.07 bits per heavy atom. The van der Waals surface area contributed by atoms with E-state index in [1.54, 1.807) is 18.5 Å². The minimum atomic E-state index is -4.65. The van der Waals surface area contributed by atoms with Crippen LogP contribution in [0.4, 0.5) is 28.0 Å². The van der Waals surface area contributed by atoms with Crippen molar-refractivity contribution in [3.8, 4) is 0 Å². The van der Waals surface area contributed by atoms with Crippen LogP contribution in [0.1, 0.15) is 35.4 Å². The van der Waals surface area contributed by atoms with Crippen LogP contribution in [-0.4, -0.2) is 71.6 Å². The smallest absolute Gasteiger partial charge is 0.407 e. The van der Waals surface area contributed by atoms with Gasteiger partial charge < -0.3 is 20.5 Å². The summed E-state index contributed by atoms with van der Waals surface area (Å²) in [6, 6.07) is 17.2. The maximum absolute atomic E-state index is 14.9. The van der Waals surface area contributed by atoms with Crippen LogP contribution < -0.4 is 10.6 Å². The molecule has 12 heteroatoms. The van der Waals surface area contributed by atoms with Crippen molar-refractivity contribution in [3.05, 3.63) is 95.6 Å². The number of hydrogen-bond donors (Lipinski definition) is 3. The number of carbonyl (C=O) groups excluding carboxylic acids is 1. The van der Waals surface area contributed by atoms with E-state index >= 15 is 0 Å². The van der Waals surface area contributed by atoms with Crippen molar-refractivity contribution in [2.45, 2.75) is 43.5 Å². The van der Waals surface area contributed by atoms with Crippen LogP contribution in [0.5, 0.6) is 0 Å². The molecule has 2 aromatic carbocycles. The number of nitrogens with one attached hydrogen (secondary N) is 2. The second kappa shape index (κ2) is 14.2. The third kappa shape index (κ3) is 8.98. The first kappa shape index (κ1) is 30.9. The average molecular weight is 589 g/mol. The largest absolute Gasteiger partial charge is 0.465 e. The van der Waals surface area contributed by atoms with Crippen molar-refractivity contribution < 1.29 is 37.0 Å². The number of amides is 2. The third-order valence-electron chi connectivity index (χ3n) is 7.06. The summed E-state index contributed by atoms with van der Waals surface area (Å²) in [6.45, 7) is -1.69. The topological polar surface area (TPSA) is 104 Å². The monoisotopic (exact) mass is 588 g/mol. The van der Waals surface area contributed by atoms with Crippen LogP contribution in [0.25, 0.3) is 0 Å². The van der Waals surface area contributed by atoms with E-state index < -0.39 is 30.7 Å². The number of carboxylic acid groups (broad SMARTS) is 1. The molecule has 1 fully saturated rings. The number of pyridine rings is 1. The zero-order valence-electron chi connectivity index (χ0n) is 22.7. The zero-order chi connectivity index (χ0) is 30.1. The highest BCUT2D eigenvalue weighted by atomic mass is 19.4. The standard InChI is InChI=1S/C30H32F4N4O4/c31-26-7-4-8-27(37-28(39)15-25(20-5-2-1-3-6-20)21-11-13-35-14-12-21)24(26)10-9-23-16-36-22(18-42-23)17-38(29(40)41)19-30(32,33)34/h1-8,11-14,22-23,25,36H,9-10,15-19H2,(H,37,39)(H,40,41)/t22-,23+,25+/m0/s1. The van der Waals surface area contributed by atoms with Gasteiger partial charge in [0.2, 0.25) is 5.91 Å². The molecule has 0 spiro atoms. The van der Waals surface area contributed by atoms with Crippen LogP contribution in [0.3, 0.4) is 0 Å². The molecule has 2 heterocycles. The summed E-state index contributed by atoms with van der Waals surface area (Å²) >= 11 is 0. The molecule has 0 bridgehead atoms. The number of nitrogens with zero attached hydrogens (tertiary/aromatic N) is 2. The van der Waals surface area contributed by atoms with E-state index in [1.165, 1.54) is 12.1 Å². The molecule has 0 saturated carbocycles. The number of aromatic nitrogens is 1. The fourth-order valence-corrected chi connectivity index (χ4v) is 4.99. The first-order chi connectivity index (χ1) is 20.1. The highest BCUT2D eigenvalue weighted by Crippen LogP contribution is 2.29. The molecule has 1 saturated heterocycles. The van der Waals surface area contributed by atoms with Gasteiger partial charge in [-0.3, -0.25) is 14.7 Å². The Morgan fingerprint density at radius 2 is 1.79 bits per heavy atom. The Morgan fingerprint density at radius 3 is 2.43 bits per heavy atom. The number of anilines is 1. The van der Waals surface area contributed by atoms with Gasteiger partial charge in [-0.2, -0.15) is 13.2 Å². The Balaban J connectivity index is 1.35. The van der Waals surface area contributed by atoms with E-state index in [4.69, 9.17) is 9.84 Å². The number of ether oxygens (including phenoxy) is 1. The van der Waals surface area contributed by atoms with E-state index in [2.05, 4.69) is 15.6 Å². The predicted octanol–water partition coefficient (Wildman–Crippen LogP) is 5.21. The summed E-state index contributed by atoms with van der Waals surface area (Å²) in [6.07, 6.45) is -2.61. The number of carbonyl (C=O) groups is 2. The molecular weight excluding hydrogens is 556 g/mol. The van der Waals surface area contributed by atoms with Gasteiger partial charge in [0.05, 0.1) is 12.7 Å². The minimum Gasteiger partial charge on any atom is -0.465 e. The van der Waals surface area contributed by atoms with Crippen molar-refractivity contribution in [1.82, 2.24) is 15.2 Å². The van der Waals surface area contributed by atoms with E-state index in [0.717, 1.165) is 11.1 Å². The maximum atomic E-state index is 14.9. The quantitative estimate of drug-likeness (QED) is 0.266. The summed E-state index contributed by atoms with van der Waals surface area (Å²) in [5.74, 6) is -0.991. The number of alkyl halides is 3. The molecule has 0 radical (unpaired) electrons. The van der Waals surface area contributed by atoms with Gasteiger partial charge in [-0.15, -0.1) is 0 Å². The SMILES string of the molecule is O=C(C[C@H](c1ccccc1)c1ccncc1)Nc1cccc(F)c1CC[C@@H]1CN[C@@H](CN(CC(F)(F)F)C(=O)O)CO1. The van der Waals surface area contributed by atoms with Crippen LogP contribution in [-0.2, 0) is 16.0 Å². The molecule has 8 nitrogen and oxygen atoms in total. The van der Waals surface area contributed by atoms with Crippen molar-refractivity contribution >= 4 is 17.7 Å². The minimum absolute atomic E-state index is 0.00302. The van der Waals surface area contributed by atoms with Gasteiger partial charge in [0.15, 0.2) is 0 Å². The number of hydrogen-bond acceptors (Lipinski definition) is 5. The third-order valence-corrected chi connectivity index (χ3v) is 7.06. The molecule has 4 rings (SSSR count). The maximum Gasteiger partial charge on any atom is 0.407 e. The van der Waals surface area contributed by atoms with Gasteiger partial charge in [0.25, 0.3) is 0 Å². The van der Waals surface area contributed by atoms with Crippen molar-refractivity contribution in [3.63, 3.8) is 0 Å². The second-order valence-corrected chi connectivity index (χ2v) is 10.1. The molecule has 224 valence electrons. The van der Waals surface area contributed by atoms with Crippen LogP contribution in [0.15, 0.2) is 73.1 Å². The Labute approximate surface area is 240 Å². The Bertz CT molecular complexity index is 1280. The summed E-state index contributed by atoms with van der Waals surface area (Å²) in [4.78, 5) is 28.8. The number of morpholine rings is 1. The number of benzene rings is 2. The summed E-state index contributed by atoms with van der Waals surface area (Å²) in [7, 11) is 0. The molecular formula is C30H32F4N4O4. The van der Waals surface area contributed by atoms with Crippen molar-refractivity contribution in [2.75, 3.05) is 31.6 Å². The molecule has 42 heavy (non-hydrogen) atoms. The molecule has 2 amide bonds. The molecule has 1 aliphatic heterocycles. The predicted molar refractivity (Wildman–Crippen MR) is 148 cm³/mol. The lowest BCUT2D eigenvalue weighted by atomic mass is 9.89. The fourth-order valence-electron chi connectivity index (χ4n) is 4.99. The number of halogens is 4. The molecule has 0 unspecified atom stereocenters. The second-order valence-electron chi connectivity index (χ2n) is 10.1. The van der Waals surface area contributed by atoms with Crippen molar-refractivity contribution in [2.24, 2.45) is 0 Å². The van der Waals surface area contributed by atoms with E-state index in [0.29, 0.717) is 22.6 Å². The van der Waals surface area contributed by atoms with Gasteiger partial charge in [0.1, 0.15) is 12.4 Å². The average Bonchev–Trinajstić information content (AvgIpc) is 2.96. The first-order valence-corrected chi connectivity index (χ1v) is 13.5. The fraction of sp³-hybridized carbons (Fsp3) is 0.367.